The second kappa shape index (κ2) is 22.8. The number of sulfonamides is 1. The van der Waals surface area contributed by atoms with E-state index >= 15 is 0 Å². The molecule has 0 bridgehead atoms. The fourth-order valence-corrected chi connectivity index (χ4v) is 10.2. The number of cyclic esters (lactones) is 1. The summed E-state index contributed by atoms with van der Waals surface area (Å²) in [6, 6.07) is 5.97. The molecule has 372 valence electrons. The van der Waals surface area contributed by atoms with Gasteiger partial charge >= 0.3 is 5.97 Å². The van der Waals surface area contributed by atoms with Crippen molar-refractivity contribution in [3.05, 3.63) is 41.7 Å². The van der Waals surface area contributed by atoms with Gasteiger partial charge in [-0.05, 0) is 97.5 Å². The van der Waals surface area contributed by atoms with Gasteiger partial charge in [-0.3, -0.25) is 14.3 Å². The largest absolute Gasteiger partial charge is 0.459 e. The zero-order chi connectivity index (χ0) is 48.7. The van der Waals surface area contributed by atoms with Crippen molar-refractivity contribution in [2.75, 3.05) is 33.8 Å². The molecule has 0 spiro atoms. The Hall–Kier alpha value is -3.44. The quantitative estimate of drug-likeness (QED) is 0.103. The maximum atomic E-state index is 14.4. The molecule has 66 heavy (non-hydrogen) atoms. The van der Waals surface area contributed by atoms with Gasteiger partial charge in [0.25, 0.3) is 0 Å². The lowest BCUT2D eigenvalue weighted by Crippen LogP contribution is -2.60. The van der Waals surface area contributed by atoms with Gasteiger partial charge in [0, 0.05) is 63.2 Å². The summed E-state index contributed by atoms with van der Waals surface area (Å²) in [4.78, 5) is 36.4. The summed E-state index contributed by atoms with van der Waals surface area (Å²) < 4.78 is 50.2. The fourth-order valence-electron chi connectivity index (χ4n) is 9.69. The molecular formula is C46H75N7O12S. The van der Waals surface area contributed by atoms with Crippen molar-refractivity contribution in [1.29, 1.82) is 0 Å². The molecule has 5 rings (SSSR count). The van der Waals surface area contributed by atoms with Crippen LogP contribution in [0.25, 0.3) is 0 Å². The predicted octanol–water partition coefficient (Wildman–Crippen LogP) is 2.37. The highest BCUT2D eigenvalue weighted by Crippen LogP contribution is 2.39. The van der Waals surface area contributed by atoms with Crippen LogP contribution in [0.2, 0.25) is 0 Å². The molecule has 0 saturated carbocycles. The Morgan fingerprint density at radius 2 is 1.77 bits per heavy atom. The molecule has 3 aliphatic heterocycles. The van der Waals surface area contributed by atoms with Gasteiger partial charge < -0.3 is 49.3 Å². The number of likely N-dealkylation sites (N-methyl/N-ethyl adjacent to an activating group) is 1. The Balaban J connectivity index is 1.37. The van der Waals surface area contributed by atoms with Crippen LogP contribution in [0.4, 0.5) is 0 Å². The zero-order valence-electron chi connectivity index (χ0n) is 40.3. The fraction of sp³-hybridized carbons (Fsp3) is 0.761. The van der Waals surface area contributed by atoms with E-state index in [0.717, 1.165) is 30.6 Å². The maximum absolute atomic E-state index is 14.4. The second-order valence-corrected chi connectivity index (χ2v) is 20.8. The van der Waals surface area contributed by atoms with Crippen LogP contribution in [-0.2, 0) is 62.8 Å². The number of aromatic nitrogens is 3. The van der Waals surface area contributed by atoms with Crippen molar-refractivity contribution in [2.45, 2.75) is 172 Å². The molecule has 3 fully saturated rings. The van der Waals surface area contributed by atoms with Gasteiger partial charge in [0.2, 0.25) is 10.0 Å². The van der Waals surface area contributed by atoms with E-state index in [1.807, 2.05) is 32.0 Å². The molecule has 14 atom stereocenters. The van der Waals surface area contributed by atoms with Crippen LogP contribution in [-0.4, -0.2) is 155 Å². The van der Waals surface area contributed by atoms with E-state index in [9.17, 15) is 33.3 Å². The summed E-state index contributed by atoms with van der Waals surface area (Å²) in [5, 5.41) is 57.6. The van der Waals surface area contributed by atoms with Gasteiger partial charge in [-0.25, -0.2) is 13.6 Å². The molecular weight excluding hydrogens is 875 g/mol. The number of ketones is 1. The minimum atomic E-state index is -3.77. The van der Waals surface area contributed by atoms with Crippen molar-refractivity contribution in [1.82, 2.24) is 25.2 Å². The van der Waals surface area contributed by atoms with Crippen LogP contribution < -0.4 is 10.5 Å². The number of nitrogens with two attached hydrogens (primary N) is 1. The number of piperidine rings is 1. The molecule has 2 aromatic rings. The van der Waals surface area contributed by atoms with Crippen LogP contribution in [0.3, 0.4) is 0 Å². The number of primary sulfonamides is 1. The standard InChI is InChI=1S/C46H75N7O12S/c1-11-37-46(8,58)41(56)29(4)38(50-65-34-13-12-20-48-25-34)27(2)24-45(7,61-10)42(30(5)39(54)31(6)43(57)63-37)64-44-40(55)36(23-28(3)62-44)52(9)21-19-33-26-53(51-49-33)22-18-32-14-16-35(17-15-32)66(47,59)60/h14-17,26-31,34,36-37,40-42,44,48,55-56,58H,11-13,18-25H2,1-10H3,(H2,47,59,60)/b50-38+/t27-,28-,29+,30+,31-,34-,36+,37-,40-,41-,42-,44+,45-,46-/m1/s1. The first-order valence-corrected chi connectivity index (χ1v) is 24.9. The van der Waals surface area contributed by atoms with Crippen LogP contribution >= 0.6 is 0 Å². The Labute approximate surface area is 390 Å². The molecule has 19 nitrogen and oxygen atoms in total. The monoisotopic (exact) mass is 950 g/mol. The smallest absolute Gasteiger partial charge is 0.316 e. The Morgan fingerprint density at radius 1 is 1.08 bits per heavy atom. The lowest BCUT2D eigenvalue weighted by molar-refractivity contribution is -0.295. The maximum Gasteiger partial charge on any atom is 0.316 e. The van der Waals surface area contributed by atoms with Crippen molar-refractivity contribution < 1.29 is 57.1 Å². The molecule has 0 unspecified atom stereocenters. The number of aliphatic hydroxyl groups excluding tert-OH is 2. The molecule has 3 aliphatic rings. The average Bonchev–Trinajstić information content (AvgIpc) is 3.75. The van der Waals surface area contributed by atoms with Crippen molar-refractivity contribution >= 4 is 27.5 Å². The number of oxime groups is 1. The number of rotatable bonds is 14. The van der Waals surface area contributed by atoms with Gasteiger partial charge in [-0.2, -0.15) is 0 Å². The van der Waals surface area contributed by atoms with Crippen LogP contribution in [0.15, 0.2) is 40.5 Å². The molecule has 4 heterocycles. The molecule has 0 amide bonds. The molecule has 6 N–H and O–H groups in total. The SMILES string of the molecule is CC[C@H]1OC(=O)[C@H](C)C(=O)[C@H](C)[C@@H](O[C@@H]2O[C@H](C)C[C@H](N(C)CCc3cn(CCc4ccc(S(N)(=O)=O)cc4)nn3)[C@H]2O)[C@](C)(OC)C[C@@H](C)/C(=N\O[C@@H]2CCCNC2)[C@H](C)[C@@H](O)[C@]1(C)O. The van der Waals surface area contributed by atoms with E-state index in [1.54, 1.807) is 44.5 Å². The van der Waals surface area contributed by atoms with E-state index < -0.39 is 93.4 Å². The molecule has 1 aromatic heterocycles. The van der Waals surface area contributed by atoms with Gasteiger partial charge in [-0.1, -0.05) is 50.2 Å². The third-order valence-electron chi connectivity index (χ3n) is 14.0. The number of aliphatic hydroxyl groups is 3. The number of Topliss-reactive ketones (excluding diaryl/α,β-unsaturated/α-hetero) is 1. The number of aryl methyl sites for hydroxylation is 2. The molecule has 0 radical (unpaired) electrons. The summed E-state index contributed by atoms with van der Waals surface area (Å²) in [6.07, 6.45) is -1.12. The van der Waals surface area contributed by atoms with E-state index in [-0.39, 0.29) is 29.9 Å². The second-order valence-electron chi connectivity index (χ2n) is 19.2. The number of benzene rings is 1. The molecule has 1 aromatic carbocycles. The summed E-state index contributed by atoms with van der Waals surface area (Å²) in [5.74, 6) is -4.88. The number of hydrogen-bond acceptors (Lipinski definition) is 17. The highest BCUT2D eigenvalue weighted by Gasteiger charge is 2.52. The van der Waals surface area contributed by atoms with E-state index in [0.29, 0.717) is 44.6 Å². The molecule has 0 aliphatic carbocycles. The van der Waals surface area contributed by atoms with E-state index in [1.165, 1.54) is 33.1 Å². The minimum Gasteiger partial charge on any atom is -0.459 e. The topological polar surface area (TPSA) is 259 Å². The summed E-state index contributed by atoms with van der Waals surface area (Å²) in [5.41, 5.74) is -1.09. The predicted molar refractivity (Wildman–Crippen MR) is 244 cm³/mol. The number of nitrogens with zero attached hydrogens (tertiary/aromatic N) is 5. The first-order valence-electron chi connectivity index (χ1n) is 23.3. The summed E-state index contributed by atoms with van der Waals surface area (Å²) >= 11 is 0. The van der Waals surface area contributed by atoms with Gasteiger partial charge in [0.15, 0.2) is 12.1 Å². The van der Waals surface area contributed by atoms with Crippen molar-refractivity contribution in [3.8, 4) is 0 Å². The van der Waals surface area contributed by atoms with Crippen LogP contribution in [0.1, 0.15) is 98.8 Å². The number of esters is 1. The number of nitrogens with one attached hydrogen (secondary N) is 1. The number of methoxy groups -OCH3 is 1. The Bertz CT molecular complexity index is 2050. The third-order valence-corrected chi connectivity index (χ3v) is 14.9. The normalized spacial score (nSPS) is 36.3. The lowest BCUT2D eigenvalue weighted by atomic mass is 9.74. The number of ether oxygens (including phenoxy) is 4. The molecule has 20 heteroatoms. The lowest BCUT2D eigenvalue weighted by Gasteiger charge is -2.47. The number of carbonyl (C=O) groups is 2. The van der Waals surface area contributed by atoms with Crippen LogP contribution in [0.5, 0.6) is 0 Å². The summed E-state index contributed by atoms with van der Waals surface area (Å²) in [7, 11) is -0.355. The minimum absolute atomic E-state index is 0.0515. The highest BCUT2D eigenvalue weighted by atomic mass is 32.2. The van der Waals surface area contributed by atoms with E-state index in [2.05, 4.69) is 20.8 Å². The van der Waals surface area contributed by atoms with Gasteiger partial charge in [-0.15, -0.1) is 5.10 Å². The van der Waals surface area contributed by atoms with Crippen molar-refractivity contribution in [3.63, 3.8) is 0 Å². The highest BCUT2D eigenvalue weighted by molar-refractivity contribution is 7.89. The Morgan fingerprint density at radius 3 is 2.39 bits per heavy atom. The van der Waals surface area contributed by atoms with E-state index in [4.69, 9.17) is 28.9 Å². The van der Waals surface area contributed by atoms with Gasteiger partial charge in [0.1, 0.15) is 29.8 Å². The number of carbonyl (C=O) groups excluding carboxylic acids is 2. The number of hydrogen-bond donors (Lipinski definition) is 5. The zero-order valence-corrected chi connectivity index (χ0v) is 41.1. The first-order chi connectivity index (χ1) is 31.0. The van der Waals surface area contributed by atoms with Crippen LogP contribution in [0, 0.1) is 23.7 Å². The van der Waals surface area contributed by atoms with Gasteiger partial charge in [0.05, 0.1) is 40.2 Å². The van der Waals surface area contributed by atoms with Crippen molar-refractivity contribution in [2.24, 2.45) is 34.0 Å². The summed E-state index contributed by atoms with van der Waals surface area (Å²) in [6.45, 7) is 16.1. The average molecular weight is 950 g/mol. The Kier molecular flexibility index (Phi) is 18.5. The first kappa shape index (κ1) is 53.5. The third kappa shape index (κ3) is 13.0. The molecule has 3 saturated heterocycles.